The van der Waals surface area contributed by atoms with Gasteiger partial charge in [0.05, 0.1) is 6.04 Å². The maximum Gasteiger partial charge on any atom is 0.206 e. The molecule has 2 N–H and O–H groups in total. The van der Waals surface area contributed by atoms with Gasteiger partial charge in [0.1, 0.15) is 8.64 Å². The lowest BCUT2D eigenvalue weighted by atomic mass is 10.2. The highest BCUT2D eigenvalue weighted by atomic mass is 32.1. The lowest BCUT2D eigenvalue weighted by Crippen LogP contribution is -2.46. The number of nitrogens with one attached hydrogen (secondary N) is 2. The molecule has 0 aliphatic carbocycles. The van der Waals surface area contributed by atoms with Gasteiger partial charge in [0.15, 0.2) is 0 Å². The molecule has 0 saturated heterocycles. The quantitative estimate of drug-likeness (QED) is 0.460. The number of thiol groups is 2. The molecule has 1 unspecified atom stereocenters. The second-order valence-electron chi connectivity index (χ2n) is 2.57. The average Bonchev–Trinajstić information content (AvgIpc) is 2.63. The molecule has 82 valence electrons. The van der Waals surface area contributed by atoms with E-state index in [4.69, 9.17) is 24.4 Å². The third kappa shape index (κ3) is 4.82. The van der Waals surface area contributed by atoms with Gasteiger partial charge in [-0.05, 0) is 10.4 Å². The summed E-state index contributed by atoms with van der Waals surface area (Å²) in [6, 6.07) is -0.199. The zero-order chi connectivity index (χ0) is 11.3. The largest absolute Gasteiger partial charge is 0.369 e. The van der Waals surface area contributed by atoms with E-state index in [0.29, 0.717) is 15.2 Å². The SMILES string of the molecule is S=C(S)NCC(NC(=S)S)C1N=NN=N1. The van der Waals surface area contributed by atoms with E-state index in [2.05, 4.69) is 56.6 Å². The molecule has 15 heavy (non-hydrogen) atoms. The molecule has 0 saturated carbocycles. The predicted octanol–water partition coefficient (Wildman–Crippen LogP) is 1.12. The summed E-state index contributed by atoms with van der Waals surface area (Å²) in [4.78, 5) is 0. The van der Waals surface area contributed by atoms with Crippen LogP contribution in [0, 0.1) is 0 Å². The van der Waals surface area contributed by atoms with E-state index in [1.54, 1.807) is 0 Å². The van der Waals surface area contributed by atoms with Crippen LogP contribution in [0.25, 0.3) is 0 Å². The molecule has 1 aliphatic rings. The fourth-order valence-corrected chi connectivity index (χ4v) is 1.41. The molecule has 1 rings (SSSR count). The van der Waals surface area contributed by atoms with Crippen molar-refractivity contribution in [2.45, 2.75) is 12.2 Å². The van der Waals surface area contributed by atoms with E-state index < -0.39 is 6.17 Å². The summed E-state index contributed by atoms with van der Waals surface area (Å²) in [5.41, 5.74) is 0. The molecule has 0 spiro atoms. The van der Waals surface area contributed by atoms with Crippen molar-refractivity contribution in [3.63, 3.8) is 0 Å². The smallest absolute Gasteiger partial charge is 0.206 e. The Kier molecular flexibility index (Phi) is 5.36. The van der Waals surface area contributed by atoms with Crippen LogP contribution in [0.2, 0.25) is 0 Å². The fourth-order valence-electron chi connectivity index (χ4n) is 0.923. The molecule has 10 heteroatoms. The summed E-state index contributed by atoms with van der Waals surface area (Å²) in [5, 5.41) is 20.2. The number of nitrogens with zero attached hydrogens (tertiary/aromatic N) is 4. The van der Waals surface area contributed by atoms with Crippen LogP contribution in [0.1, 0.15) is 0 Å². The first-order valence-corrected chi connectivity index (χ1v) is 5.57. The minimum absolute atomic E-state index is 0.199. The minimum Gasteiger partial charge on any atom is -0.369 e. The van der Waals surface area contributed by atoms with Crippen LogP contribution in [0.15, 0.2) is 20.7 Å². The minimum atomic E-state index is -0.412. The monoisotopic (exact) mass is 280 g/mol. The summed E-state index contributed by atoms with van der Waals surface area (Å²) < 4.78 is 0.739. The highest BCUT2D eigenvalue weighted by Crippen LogP contribution is 2.09. The Balaban J connectivity index is 2.52. The fraction of sp³-hybridized carbons (Fsp3) is 0.600. The molecule has 0 aromatic rings. The van der Waals surface area contributed by atoms with Crippen molar-refractivity contribution >= 4 is 58.3 Å². The molecule has 0 amide bonds. The first-order chi connectivity index (χ1) is 7.09. The molecule has 1 atom stereocenters. The molecular weight excluding hydrogens is 272 g/mol. The third-order valence-corrected chi connectivity index (χ3v) is 2.07. The van der Waals surface area contributed by atoms with Gasteiger partial charge in [0, 0.05) is 6.54 Å². The van der Waals surface area contributed by atoms with E-state index in [1.807, 2.05) is 0 Å². The Hall–Kier alpha value is -0.320. The van der Waals surface area contributed by atoms with E-state index >= 15 is 0 Å². The first-order valence-electron chi connectivity index (χ1n) is 3.86. The van der Waals surface area contributed by atoms with Crippen LogP contribution < -0.4 is 10.6 Å². The van der Waals surface area contributed by atoms with E-state index in [0.717, 1.165) is 0 Å². The average molecular weight is 280 g/mol. The zero-order valence-corrected chi connectivity index (χ0v) is 10.8. The first kappa shape index (κ1) is 12.7. The standard InChI is InChI=1S/C5H8N6S4/c12-4(13)6-1-2(7-5(14)15)3-8-10-11-9-3/h2-3H,1H2,(H2,6,12,13)(H2,7,14,15). The molecule has 0 radical (unpaired) electrons. The molecule has 0 fully saturated rings. The number of hydrogen-bond donors (Lipinski definition) is 4. The molecule has 1 aliphatic heterocycles. The van der Waals surface area contributed by atoms with Gasteiger partial charge < -0.3 is 10.6 Å². The number of thiocarbonyl (C=S) groups is 2. The van der Waals surface area contributed by atoms with Gasteiger partial charge >= 0.3 is 0 Å². The van der Waals surface area contributed by atoms with Crippen LogP contribution in [-0.2, 0) is 0 Å². The Morgan fingerprint density at radius 1 is 1.20 bits per heavy atom. The van der Waals surface area contributed by atoms with E-state index in [9.17, 15) is 0 Å². The molecule has 0 aromatic heterocycles. The topological polar surface area (TPSA) is 73.5 Å². The van der Waals surface area contributed by atoms with Crippen molar-refractivity contribution in [3.05, 3.63) is 0 Å². The van der Waals surface area contributed by atoms with Crippen LogP contribution in [0.5, 0.6) is 0 Å². The second-order valence-corrected chi connectivity index (χ2v) is 4.88. The number of hydrogen-bond acceptors (Lipinski definition) is 6. The lowest BCUT2D eigenvalue weighted by Gasteiger charge is -2.19. The Bertz CT molecular complexity index is 303. The van der Waals surface area contributed by atoms with Gasteiger partial charge in [-0.25, -0.2) is 0 Å². The van der Waals surface area contributed by atoms with Gasteiger partial charge in [-0.15, -0.1) is 35.5 Å². The molecule has 0 bridgehead atoms. The van der Waals surface area contributed by atoms with Crippen molar-refractivity contribution in [2.24, 2.45) is 20.7 Å². The van der Waals surface area contributed by atoms with Crippen LogP contribution in [-0.4, -0.2) is 27.4 Å². The molecule has 0 aromatic carbocycles. The summed E-state index contributed by atoms with van der Waals surface area (Å²) in [7, 11) is 0. The normalized spacial score (nSPS) is 16.4. The molecular formula is C5H8N6S4. The van der Waals surface area contributed by atoms with Crippen LogP contribution >= 0.6 is 49.7 Å². The summed E-state index contributed by atoms with van der Waals surface area (Å²) >= 11 is 17.5. The predicted molar refractivity (Wildman–Crippen MR) is 71.6 cm³/mol. The third-order valence-electron chi connectivity index (χ3n) is 1.52. The van der Waals surface area contributed by atoms with Crippen molar-refractivity contribution < 1.29 is 0 Å². The highest BCUT2D eigenvalue weighted by Gasteiger charge is 2.23. The summed E-state index contributed by atoms with van der Waals surface area (Å²) in [5.74, 6) is 0. The van der Waals surface area contributed by atoms with Gasteiger partial charge in [-0.2, -0.15) is 0 Å². The van der Waals surface area contributed by atoms with Gasteiger partial charge in [0.25, 0.3) is 0 Å². The van der Waals surface area contributed by atoms with E-state index in [1.165, 1.54) is 0 Å². The van der Waals surface area contributed by atoms with Gasteiger partial charge in [-0.1, -0.05) is 24.4 Å². The van der Waals surface area contributed by atoms with Crippen LogP contribution in [0.4, 0.5) is 0 Å². The van der Waals surface area contributed by atoms with Gasteiger partial charge in [-0.3, -0.25) is 0 Å². The molecule has 6 nitrogen and oxygen atoms in total. The Morgan fingerprint density at radius 2 is 1.80 bits per heavy atom. The highest BCUT2D eigenvalue weighted by molar-refractivity contribution is 8.11. The van der Waals surface area contributed by atoms with Crippen molar-refractivity contribution in [1.82, 2.24) is 10.6 Å². The van der Waals surface area contributed by atoms with Crippen molar-refractivity contribution in [1.29, 1.82) is 0 Å². The van der Waals surface area contributed by atoms with E-state index in [-0.39, 0.29) is 6.04 Å². The maximum absolute atomic E-state index is 4.82. The van der Waals surface area contributed by atoms with Crippen molar-refractivity contribution in [3.8, 4) is 0 Å². The lowest BCUT2D eigenvalue weighted by molar-refractivity contribution is 0.495. The number of rotatable bonds is 4. The Labute approximate surface area is 108 Å². The van der Waals surface area contributed by atoms with Gasteiger partial charge in [0.2, 0.25) is 6.17 Å². The maximum atomic E-state index is 4.82. The second kappa shape index (κ2) is 6.30. The van der Waals surface area contributed by atoms with Crippen molar-refractivity contribution in [2.75, 3.05) is 6.54 Å². The summed E-state index contributed by atoms with van der Waals surface area (Å²) in [6.45, 7) is 0.464. The zero-order valence-electron chi connectivity index (χ0n) is 7.36. The Morgan fingerprint density at radius 3 is 2.27 bits per heavy atom. The summed E-state index contributed by atoms with van der Waals surface area (Å²) in [6.07, 6.45) is -0.412. The van der Waals surface area contributed by atoms with Crippen LogP contribution in [0.3, 0.4) is 0 Å². The molecule has 1 heterocycles.